The number of carbonyl (C=O) groups excluding carboxylic acids is 3. The minimum absolute atomic E-state index is 0.0372. The summed E-state index contributed by atoms with van der Waals surface area (Å²) >= 11 is 3.28. The minimum atomic E-state index is -1.17. The number of aromatic carboxylic acids is 1. The molecule has 0 bridgehead atoms. The van der Waals surface area contributed by atoms with Crippen LogP contribution in [0.2, 0.25) is 0 Å². The molecule has 4 amide bonds. The van der Waals surface area contributed by atoms with Gasteiger partial charge in [-0.05, 0) is 55.5 Å². The van der Waals surface area contributed by atoms with Crippen molar-refractivity contribution in [3.05, 3.63) is 63.6 Å². The third-order valence-electron chi connectivity index (χ3n) is 4.04. The number of nitrogens with zero attached hydrogens (tertiary/aromatic N) is 1. The van der Waals surface area contributed by atoms with E-state index in [1.807, 2.05) is 0 Å². The fraction of sp³-hybridized carbons (Fsp3) is 0.100. The molecule has 0 atom stereocenters. The van der Waals surface area contributed by atoms with Crippen LogP contribution in [0.5, 0.6) is 5.75 Å². The van der Waals surface area contributed by atoms with Crippen LogP contribution >= 0.6 is 15.9 Å². The zero-order valence-electron chi connectivity index (χ0n) is 15.1. The Bertz CT molecular complexity index is 1050. The maximum atomic E-state index is 12.9. The smallest absolute Gasteiger partial charge is 0.335 e. The standard InChI is InChI=1S/C20H15BrN2O6/c1-2-29-16-8-3-11(19(26)27)9-12(16)10-15-17(24)22-20(28)23(18(15)25)14-6-4-13(21)5-7-14/h3-10H,2H2,1H3,(H,26,27)(H,22,24,28)/b15-10+. The molecule has 1 fully saturated rings. The van der Waals surface area contributed by atoms with Crippen LogP contribution < -0.4 is 15.0 Å². The quantitative estimate of drug-likeness (QED) is 0.525. The largest absolute Gasteiger partial charge is 0.493 e. The summed E-state index contributed by atoms with van der Waals surface area (Å²) in [7, 11) is 0. The van der Waals surface area contributed by atoms with Crippen molar-refractivity contribution in [2.24, 2.45) is 0 Å². The highest BCUT2D eigenvalue weighted by Gasteiger charge is 2.37. The predicted molar refractivity (Wildman–Crippen MR) is 108 cm³/mol. The third-order valence-corrected chi connectivity index (χ3v) is 4.57. The van der Waals surface area contributed by atoms with Crippen molar-refractivity contribution >= 4 is 51.5 Å². The van der Waals surface area contributed by atoms with Gasteiger partial charge in [-0.15, -0.1) is 0 Å². The molecular formula is C20H15BrN2O6. The Kier molecular flexibility index (Phi) is 5.79. The number of barbiturate groups is 1. The summed E-state index contributed by atoms with van der Waals surface area (Å²) in [5.41, 5.74) is 0.148. The maximum absolute atomic E-state index is 12.9. The zero-order valence-corrected chi connectivity index (χ0v) is 16.7. The normalized spacial score (nSPS) is 15.4. The number of urea groups is 1. The fourth-order valence-electron chi connectivity index (χ4n) is 2.72. The Hall–Kier alpha value is -3.46. The van der Waals surface area contributed by atoms with Gasteiger partial charge in [0.25, 0.3) is 11.8 Å². The number of imide groups is 2. The van der Waals surface area contributed by atoms with E-state index < -0.39 is 23.8 Å². The van der Waals surface area contributed by atoms with Crippen LogP contribution in [0.1, 0.15) is 22.8 Å². The van der Waals surface area contributed by atoms with Crippen LogP contribution in [0.3, 0.4) is 0 Å². The summed E-state index contributed by atoms with van der Waals surface area (Å²) < 4.78 is 6.22. The van der Waals surface area contributed by atoms with Crippen LogP contribution in [0.25, 0.3) is 6.08 Å². The van der Waals surface area contributed by atoms with Crippen molar-refractivity contribution < 1.29 is 29.0 Å². The highest BCUT2D eigenvalue weighted by molar-refractivity contribution is 9.10. The number of hydrogen-bond acceptors (Lipinski definition) is 5. The minimum Gasteiger partial charge on any atom is -0.493 e. The molecule has 3 rings (SSSR count). The van der Waals surface area contributed by atoms with Gasteiger partial charge in [-0.2, -0.15) is 0 Å². The number of carboxylic acids is 1. The Morgan fingerprint density at radius 2 is 1.86 bits per heavy atom. The SMILES string of the molecule is CCOc1ccc(C(=O)O)cc1/C=C1\C(=O)NC(=O)N(c2ccc(Br)cc2)C1=O. The van der Waals surface area contributed by atoms with E-state index in [0.717, 1.165) is 9.37 Å². The second-order valence-electron chi connectivity index (χ2n) is 5.93. The lowest BCUT2D eigenvalue weighted by Gasteiger charge is -2.26. The van der Waals surface area contributed by atoms with Crippen molar-refractivity contribution in [2.45, 2.75) is 6.92 Å². The van der Waals surface area contributed by atoms with Gasteiger partial charge < -0.3 is 9.84 Å². The number of benzene rings is 2. The van der Waals surface area contributed by atoms with Gasteiger partial charge in [0, 0.05) is 10.0 Å². The second kappa shape index (κ2) is 8.27. The molecule has 1 aliphatic heterocycles. The lowest BCUT2D eigenvalue weighted by molar-refractivity contribution is -0.122. The molecule has 1 aliphatic rings. The highest BCUT2D eigenvalue weighted by atomic mass is 79.9. The van der Waals surface area contributed by atoms with E-state index in [0.29, 0.717) is 12.4 Å². The number of carboxylic acid groups (broad SMARTS) is 1. The molecule has 2 N–H and O–H groups in total. The van der Waals surface area contributed by atoms with Crippen molar-refractivity contribution in [2.75, 3.05) is 11.5 Å². The summed E-state index contributed by atoms with van der Waals surface area (Å²) in [6, 6.07) is 9.62. The number of ether oxygens (including phenoxy) is 1. The summed E-state index contributed by atoms with van der Waals surface area (Å²) in [6.07, 6.45) is 1.22. The number of halogens is 1. The monoisotopic (exact) mass is 458 g/mol. The van der Waals surface area contributed by atoms with Crippen LogP contribution in [0.15, 0.2) is 52.5 Å². The van der Waals surface area contributed by atoms with Crippen molar-refractivity contribution in [3.8, 4) is 5.75 Å². The van der Waals surface area contributed by atoms with Crippen molar-refractivity contribution in [3.63, 3.8) is 0 Å². The molecule has 1 saturated heterocycles. The summed E-state index contributed by atoms with van der Waals surface area (Å²) in [5.74, 6) is -2.57. The van der Waals surface area contributed by atoms with E-state index in [9.17, 15) is 24.3 Å². The van der Waals surface area contributed by atoms with Gasteiger partial charge >= 0.3 is 12.0 Å². The van der Waals surface area contributed by atoms with Crippen LogP contribution in [-0.4, -0.2) is 35.5 Å². The van der Waals surface area contributed by atoms with Crippen molar-refractivity contribution in [1.82, 2.24) is 5.32 Å². The van der Waals surface area contributed by atoms with Gasteiger partial charge in [0.1, 0.15) is 11.3 Å². The number of amides is 4. The number of hydrogen-bond donors (Lipinski definition) is 2. The van der Waals surface area contributed by atoms with E-state index in [1.54, 1.807) is 31.2 Å². The van der Waals surface area contributed by atoms with Gasteiger partial charge in [0.05, 0.1) is 17.9 Å². The fourth-order valence-corrected chi connectivity index (χ4v) is 2.98. The molecule has 0 unspecified atom stereocenters. The van der Waals surface area contributed by atoms with Crippen LogP contribution in [-0.2, 0) is 9.59 Å². The molecule has 1 heterocycles. The molecule has 0 aromatic heterocycles. The number of rotatable bonds is 5. The van der Waals surface area contributed by atoms with Gasteiger partial charge in [-0.25, -0.2) is 14.5 Å². The highest BCUT2D eigenvalue weighted by Crippen LogP contribution is 2.27. The van der Waals surface area contributed by atoms with Crippen LogP contribution in [0.4, 0.5) is 10.5 Å². The summed E-state index contributed by atoms with van der Waals surface area (Å²) in [6.45, 7) is 2.04. The van der Waals surface area contributed by atoms with Gasteiger partial charge in [-0.1, -0.05) is 15.9 Å². The van der Waals surface area contributed by atoms with E-state index >= 15 is 0 Å². The summed E-state index contributed by atoms with van der Waals surface area (Å²) in [5, 5.41) is 11.3. The molecule has 0 aliphatic carbocycles. The lowest BCUT2D eigenvalue weighted by atomic mass is 10.0. The Balaban J connectivity index is 2.08. The molecule has 8 nitrogen and oxygen atoms in total. The first-order chi connectivity index (χ1) is 13.8. The van der Waals surface area contributed by atoms with Gasteiger partial charge in [0.2, 0.25) is 0 Å². The predicted octanol–water partition coefficient (Wildman–Crippen LogP) is 3.21. The van der Waals surface area contributed by atoms with Gasteiger partial charge in [-0.3, -0.25) is 14.9 Å². The maximum Gasteiger partial charge on any atom is 0.335 e. The number of anilines is 1. The molecule has 0 saturated carbocycles. The van der Waals surface area contributed by atoms with E-state index in [4.69, 9.17) is 4.74 Å². The molecule has 0 spiro atoms. The van der Waals surface area contributed by atoms with Crippen LogP contribution in [0, 0.1) is 0 Å². The average Bonchev–Trinajstić information content (AvgIpc) is 2.67. The van der Waals surface area contributed by atoms with E-state index in [1.165, 1.54) is 24.3 Å². The molecule has 2 aromatic carbocycles. The third kappa shape index (κ3) is 4.19. The topological polar surface area (TPSA) is 113 Å². The molecule has 148 valence electrons. The first-order valence-corrected chi connectivity index (χ1v) is 9.28. The number of carbonyl (C=O) groups is 4. The first kappa shape index (κ1) is 20.3. The molecular weight excluding hydrogens is 444 g/mol. The Morgan fingerprint density at radius 1 is 1.17 bits per heavy atom. The zero-order chi connectivity index (χ0) is 21.1. The first-order valence-electron chi connectivity index (χ1n) is 8.49. The van der Waals surface area contributed by atoms with E-state index in [2.05, 4.69) is 21.2 Å². The molecule has 2 aromatic rings. The second-order valence-corrected chi connectivity index (χ2v) is 6.84. The Morgan fingerprint density at radius 3 is 2.48 bits per heavy atom. The molecule has 0 radical (unpaired) electrons. The molecule has 9 heteroatoms. The average molecular weight is 459 g/mol. The summed E-state index contributed by atoms with van der Waals surface area (Å²) in [4.78, 5) is 49.6. The number of nitrogens with one attached hydrogen (secondary N) is 1. The van der Waals surface area contributed by atoms with Crippen molar-refractivity contribution in [1.29, 1.82) is 0 Å². The molecule has 29 heavy (non-hydrogen) atoms. The van der Waals surface area contributed by atoms with Gasteiger partial charge in [0.15, 0.2) is 0 Å². The van der Waals surface area contributed by atoms with E-state index in [-0.39, 0.29) is 22.4 Å². The Labute approximate surface area is 173 Å². The lowest BCUT2D eigenvalue weighted by Crippen LogP contribution is -2.54.